The first-order valence-corrected chi connectivity index (χ1v) is 14.6. The Morgan fingerprint density at radius 1 is 0.923 bits per heavy atom. The van der Waals surface area contributed by atoms with Gasteiger partial charge in [0.1, 0.15) is 5.75 Å². The van der Waals surface area contributed by atoms with Crippen LogP contribution in [-0.2, 0) is 14.8 Å². The van der Waals surface area contributed by atoms with E-state index < -0.39 is 10.0 Å². The predicted octanol–water partition coefficient (Wildman–Crippen LogP) is 5.01. The summed E-state index contributed by atoms with van der Waals surface area (Å²) in [4.78, 5) is 30.4. The van der Waals surface area contributed by atoms with E-state index in [2.05, 4.69) is 0 Å². The number of anilines is 2. The minimum atomic E-state index is -3.55. The molecule has 3 aromatic carbocycles. The Balaban J connectivity index is 1.48. The van der Waals surface area contributed by atoms with Gasteiger partial charge in [-0.15, -0.1) is 0 Å². The molecule has 0 bridgehead atoms. The van der Waals surface area contributed by atoms with Gasteiger partial charge in [0.2, 0.25) is 15.9 Å². The van der Waals surface area contributed by atoms with Gasteiger partial charge in [-0.05, 0) is 86.3 Å². The average Bonchev–Trinajstić information content (AvgIpc) is 3.49. The molecule has 2 heterocycles. The third-order valence-electron chi connectivity index (χ3n) is 7.58. The first-order valence-electron chi connectivity index (χ1n) is 13.2. The van der Waals surface area contributed by atoms with E-state index in [1.807, 2.05) is 31.2 Å². The van der Waals surface area contributed by atoms with Crippen LogP contribution in [-0.4, -0.2) is 50.8 Å². The smallest absolute Gasteiger partial charge is 0.258 e. The lowest BCUT2D eigenvalue weighted by Gasteiger charge is -2.43. The van der Waals surface area contributed by atoms with E-state index in [1.165, 1.54) is 11.2 Å². The van der Waals surface area contributed by atoms with Crippen molar-refractivity contribution >= 4 is 33.2 Å². The standard InChI is InChI=1S/C30H33N3O5S/c1-21-20-29(27-8-4-5-9-28(27)32(21)30(35)23-10-14-25(38-3)15-11-23)33(22(2)34)24-12-16-26(17-13-24)39(36,37)31-18-6-7-19-31/h4-5,8-17,21,29H,6-7,18-20H2,1-3H3. The van der Waals surface area contributed by atoms with E-state index in [-0.39, 0.29) is 28.8 Å². The second-order valence-electron chi connectivity index (χ2n) is 10.1. The summed E-state index contributed by atoms with van der Waals surface area (Å²) < 4.78 is 32.8. The molecule has 2 unspecified atom stereocenters. The maximum Gasteiger partial charge on any atom is 0.258 e. The molecule has 2 atom stereocenters. The molecule has 1 fully saturated rings. The predicted molar refractivity (Wildman–Crippen MR) is 151 cm³/mol. The van der Waals surface area contributed by atoms with Crippen LogP contribution in [0.5, 0.6) is 5.75 Å². The lowest BCUT2D eigenvalue weighted by molar-refractivity contribution is -0.117. The number of amides is 2. The molecule has 0 N–H and O–H groups in total. The number of para-hydroxylation sites is 1. The van der Waals surface area contributed by atoms with Gasteiger partial charge in [-0.25, -0.2) is 8.42 Å². The lowest BCUT2D eigenvalue weighted by atomic mass is 9.89. The van der Waals surface area contributed by atoms with Crippen LogP contribution >= 0.6 is 0 Å². The highest BCUT2D eigenvalue weighted by Crippen LogP contribution is 2.43. The molecule has 204 valence electrons. The number of carbonyl (C=O) groups is 2. The molecule has 9 heteroatoms. The fourth-order valence-electron chi connectivity index (χ4n) is 5.65. The quantitative estimate of drug-likeness (QED) is 0.433. The molecule has 1 saturated heterocycles. The molecule has 0 radical (unpaired) electrons. The molecule has 0 aliphatic carbocycles. The second-order valence-corrected chi connectivity index (χ2v) is 12.0. The van der Waals surface area contributed by atoms with Crippen LogP contribution in [0, 0.1) is 0 Å². The molecule has 5 rings (SSSR count). The number of fused-ring (bicyclic) bond motifs is 1. The van der Waals surface area contributed by atoms with Gasteiger partial charge in [0.15, 0.2) is 0 Å². The van der Waals surface area contributed by atoms with Gasteiger partial charge in [-0.2, -0.15) is 4.31 Å². The second kappa shape index (κ2) is 10.8. The highest BCUT2D eigenvalue weighted by atomic mass is 32.2. The summed E-state index contributed by atoms with van der Waals surface area (Å²) in [6.07, 6.45) is 2.26. The van der Waals surface area contributed by atoms with Gasteiger partial charge < -0.3 is 14.5 Å². The molecular formula is C30H33N3O5S. The van der Waals surface area contributed by atoms with Crippen molar-refractivity contribution in [1.29, 1.82) is 0 Å². The van der Waals surface area contributed by atoms with E-state index in [0.29, 0.717) is 36.5 Å². The molecule has 0 saturated carbocycles. The van der Waals surface area contributed by atoms with E-state index >= 15 is 0 Å². The van der Waals surface area contributed by atoms with Crippen molar-refractivity contribution in [3.05, 3.63) is 83.9 Å². The van der Waals surface area contributed by atoms with Gasteiger partial charge in [0.05, 0.1) is 18.0 Å². The van der Waals surface area contributed by atoms with E-state index in [0.717, 1.165) is 24.1 Å². The van der Waals surface area contributed by atoms with Crippen molar-refractivity contribution in [2.45, 2.75) is 50.1 Å². The van der Waals surface area contributed by atoms with Gasteiger partial charge in [0.25, 0.3) is 5.91 Å². The minimum Gasteiger partial charge on any atom is -0.497 e. The van der Waals surface area contributed by atoms with Gasteiger partial charge in [-0.1, -0.05) is 18.2 Å². The van der Waals surface area contributed by atoms with Crippen LogP contribution in [0.3, 0.4) is 0 Å². The van der Waals surface area contributed by atoms with Crippen LogP contribution in [0.2, 0.25) is 0 Å². The van der Waals surface area contributed by atoms with Crippen molar-refractivity contribution in [1.82, 2.24) is 4.31 Å². The fraction of sp³-hybridized carbons (Fsp3) is 0.333. The van der Waals surface area contributed by atoms with E-state index in [9.17, 15) is 18.0 Å². The number of rotatable bonds is 6. The molecule has 8 nitrogen and oxygen atoms in total. The topological polar surface area (TPSA) is 87.2 Å². The zero-order valence-corrected chi connectivity index (χ0v) is 23.2. The number of hydrogen-bond donors (Lipinski definition) is 0. The van der Waals surface area contributed by atoms with E-state index in [4.69, 9.17) is 4.74 Å². The Morgan fingerprint density at radius 2 is 1.56 bits per heavy atom. The van der Waals surface area contributed by atoms with Crippen LogP contribution in [0.15, 0.2) is 77.7 Å². The first-order chi connectivity index (χ1) is 18.7. The molecular weight excluding hydrogens is 514 g/mol. The first kappa shape index (κ1) is 26.9. The number of ether oxygens (including phenoxy) is 1. The van der Waals surface area contributed by atoms with Crippen molar-refractivity contribution in [3.8, 4) is 5.75 Å². The largest absolute Gasteiger partial charge is 0.497 e. The Morgan fingerprint density at radius 3 is 2.18 bits per heavy atom. The Kier molecular flexibility index (Phi) is 7.46. The summed E-state index contributed by atoms with van der Waals surface area (Å²) in [6.45, 7) is 4.56. The Bertz CT molecular complexity index is 1470. The molecule has 2 aliphatic rings. The zero-order valence-electron chi connectivity index (χ0n) is 22.4. The number of carbonyl (C=O) groups excluding carboxylic acids is 2. The maximum atomic E-state index is 13.6. The van der Waals surface area contributed by atoms with Crippen molar-refractivity contribution in [2.75, 3.05) is 30.0 Å². The third-order valence-corrected chi connectivity index (χ3v) is 9.50. The van der Waals surface area contributed by atoms with Crippen molar-refractivity contribution in [2.24, 2.45) is 0 Å². The van der Waals surface area contributed by atoms with Crippen LogP contribution in [0.25, 0.3) is 0 Å². The summed E-state index contributed by atoms with van der Waals surface area (Å²) in [7, 11) is -1.97. The van der Waals surface area contributed by atoms with Gasteiger partial charge >= 0.3 is 0 Å². The molecule has 39 heavy (non-hydrogen) atoms. The summed E-state index contributed by atoms with van der Waals surface area (Å²) in [5.41, 5.74) is 2.78. The Hall–Kier alpha value is -3.69. The highest BCUT2D eigenvalue weighted by molar-refractivity contribution is 7.89. The SMILES string of the molecule is COc1ccc(C(=O)N2c3ccccc3C(N(C(C)=O)c3ccc(S(=O)(=O)N4CCCC4)cc3)CC2C)cc1. The van der Waals surface area contributed by atoms with Crippen LogP contribution in [0.4, 0.5) is 11.4 Å². The summed E-state index contributed by atoms with van der Waals surface area (Å²) in [5, 5.41) is 0. The Labute approximate surface area is 229 Å². The fourth-order valence-corrected chi connectivity index (χ4v) is 7.16. The molecule has 2 aliphatic heterocycles. The minimum absolute atomic E-state index is 0.123. The lowest BCUT2D eigenvalue weighted by Crippen LogP contribution is -2.47. The van der Waals surface area contributed by atoms with Crippen LogP contribution in [0.1, 0.15) is 55.1 Å². The monoisotopic (exact) mass is 547 g/mol. The summed E-state index contributed by atoms with van der Waals surface area (Å²) in [5.74, 6) is 0.393. The average molecular weight is 548 g/mol. The normalized spacial score (nSPS) is 19.4. The zero-order chi connectivity index (χ0) is 27.7. The highest BCUT2D eigenvalue weighted by Gasteiger charge is 2.38. The summed E-state index contributed by atoms with van der Waals surface area (Å²) >= 11 is 0. The number of benzene rings is 3. The maximum absolute atomic E-state index is 13.6. The molecule has 0 aromatic heterocycles. The van der Waals surface area contributed by atoms with Gasteiger partial charge in [-0.3, -0.25) is 9.59 Å². The third kappa shape index (κ3) is 5.04. The summed E-state index contributed by atoms with van der Waals surface area (Å²) in [6, 6.07) is 20.7. The van der Waals surface area contributed by atoms with Gasteiger partial charge in [0, 0.05) is 43.0 Å². The molecule has 2 amide bonds. The number of methoxy groups -OCH3 is 1. The van der Waals surface area contributed by atoms with Crippen LogP contribution < -0.4 is 14.5 Å². The molecule has 0 spiro atoms. The molecule has 3 aromatic rings. The number of sulfonamides is 1. The number of nitrogens with zero attached hydrogens (tertiary/aromatic N) is 3. The van der Waals surface area contributed by atoms with Crippen molar-refractivity contribution < 1.29 is 22.7 Å². The van der Waals surface area contributed by atoms with E-state index in [1.54, 1.807) is 65.4 Å². The number of hydrogen-bond acceptors (Lipinski definition) is 5. The van der Waals surface area contributed by atoms with Crippen molar-refractivity contribution in [3.63, 3.8) is 0 Å².